The maximum atomic E-state index is 11.4. The van der Waals surface area contributed by atoms with Gasteiger partial charge >= 0.3 is 6.09 Å². The SMILES string of the molecule is Cn1cc(-c2cc3c(cn2)C(C)(C)CN3C(=O)O)cn1. The lowest BCUT2D eigenvalue weighted by atomic mass is 9.88. The number of anilines is 1. The van der Waals surface area contributed by atoms with Crippen molar-refractivity contribution in [2.24, 2.45) is 7.05 Å². The molecule has 0 saturated heterocycles. The van der Waals surface area contributed by atoms with Gasteiger partial charge in [-0.25, -0.2) is 4.79 Å². The van der Waals surface area contributed by atoms with E-state index in [1.54, 1.807) is 17.1 Å². The predicted molar refractivity (Wildman–Crippen MR) is 74.8 cm³/mol. The molecule has 6 heteroatoms. The zero-order valence-electron chi connectivity index (χ0n) is 11.7. The van der Waals surface area contributed by atoms with E-state index in [2.05, 4.69) is 10.1 Å². The Hall–Kier alpha value is -2.37. The Kier molecular flexibility index (Phi) is 2.57. The number of amides is 1. The molecule has 0 aromatic carbocycles. The molecular weight excluding hydrogens is 256 g/mol. The summed E-state index contributed by atoms with van der Waals surface area (Å²) in [7, 11) is 1.84. The Labute approximate surface area is 116 Å². The van der Waals surface area contributed by atoms with Crippen LogP contribution in [0.3, 0.4) is 0 Å². The standard InChI is InChI=1S/C14H16N4O2/c1-14(2)8-18(13(19)20)12-4-11(15-6-10(12)14)9-5-16-17(3)7-9/h4-7H,8H2,1-3H3,(H,19,20). The molecule has 3 heterocycles. The quantitative estimate of drug-likeness (QED) is 0.864. The number of fused-ring (bicyclic) bond motifs is 1. The van der Waals surface area contributed by atoms with Gasteiger partial charge in [0.15, 0.2) is 0 Å². The van der Waals surface area contributed by atoms with Gasteiger partial charge < -0.3 is 5.11 Å². The summed E-state index contributed by atoms with van der Waals surface area (Å²) in [5.41, 5.74) is 3.09. The number of pyridine rings is 1. The van der Waals surface area contributed by atoms with Crippen LogP contribution in [0.1, 0.15) is 19.4 Å². The number of hydrogen-bond donors (Lipinski definition) is 1. The molecule has 2 aromatic heterocycles. The highest BCUT2D eigenvalue weighted by Gasteiger charge is 2.38. The minimum atomic E-state index is -0.930. The van der Waals surface area contributed by atoms with E-state index in [-0.39, 0.29) is 5.41 Å². The van der Waals surface area contributed by atoms with Gasteiger partial charge in [0.05, 0.1) is 17.6 Å². The molecule has 1 aliphatic heterocycles. The normalized spacial score (nSPS) is 16.2. The molecule has 6 nitrogen and oxygen atoms in total. The molecule has 1 aliphatic rings. The van der Waals surface area contributed by atoms with Crippen LogP contribution in [0.4, 0.5) is 10.5 Å². The Bertz CT molecular complexity index is 690. The van der Waals surface area contributed by atoms with Gasteiger partial charge in [0, 0.05) is 42.5 Å². The van der Waals surface area contributed by atoms with Crippen molar-refractivity contribution in [1.82, 2.24) is 14.8 Å². The highest BCUT2D eigenvalue weighted by molar-refractivity contribution is 5.91. The monoisotopic (exact) mass is 272 g/mol. The molecule has 104 valence electrons. The topological polar surface area (TPSA) is 71.2 Å². The first kappa shape index (κ1) is 12.7. The molecule has 1 amide bonds. The van der Waals surface area contributed by atoms with Crippen LogP contribution >= 0.6 is 0 Å². The molecule has 2 aromatic rings. The third-order valence-electron chi connectivity index (χ3n) is 3.69. The average molecular weight is 272 g/mol. The van der Waals surface area contributed by atoms with Crippen LogP contribution in [0.5, 0.6) is 0 Å². The smallest absolute Gasteiger partial charge is 0.411 e. The number of rotatable bonds is 1. The van der Waals surface area contributed by atoms with E-state index in [9.17, 15) is 9.90 Å². The molecule has 0 aliphatic carbocycles. The fourth-order valence-corrected chi connectivity index (χ4v) is 2.64. The Morgan fingerprint density at radius 1 is 1.40 bits per heavy atom. The first-order valence-corrected chi connectivity index (χ1v) is 6.38. The lowest BCUT2D eigenvalue weighted by molar-refractivity contribution is 0.201. The van der Waals surface area contributed by atoms with Gasteiger partial charge in [-0.05, 0) is 6.07 Å². The van der Waals surface area contributed by atoms with E-state index < -0.39 is 6.09 Å². The van der Waals surface area contributed by atoms with Gasteiger partial charge in [0.1, 0.15) is 0 Å². The summed E-state index contributed by atoms with van der Waals surface area (Å²) in [6.45, 7) is 4.51. The van der Waals surface area contributed by atoms with E-state index in [0.29, 0.717) is 6.54 Å². The summed E-state index contributed by atoms with van der Waals surface area (Å²) in [6, 6.07) is 1.83. The van der Waals surface area contributed by atoms with Gasteiger partial charge in [-0.3, -0.25) is 14.6 Å². The minimum absolute atomic E-state index is 0.214. The van der Waals surface area contributed by atoms with Crippen molar-refractivity contribution in [3.8, 4) is 11.3 Å². The Morgan fingerprint density at radius 2 is 2.15 bits per heavy atom. The number of hydrogen-bond acceptors (Lipinski definition) is 3. The van der Waals surface area contributed by atoms with Crippen molar-refractivity contribution in [3.05, 3.63) is 30.2 Å². The highest BCUT2D eigenvalue weighted by atomic mass is 16.4. The molecule has 20 heavy (non-hydrogen) atoms. The lowest BCUT2D eigenvalue weighted by Gasteiger charge is -2.18. The highest BCUT2D eigenvalue weighted by Crippen LogP contribution is 2.41. The third kappa shape index (κ3) is 1.84. The van der Waals surface area contributed by atoms with E-state index >= 15 is 0 Å². The minimum Gasteiger partial charge on any atom is -0.465 e. The summed E-state index contributed by atoms with van der Waals surface area (Å²) >= 11 is 0. The van der Waals surface area contributed by atoms with Gasteiger partial charge in [-0.15, -0.1) is 0 Å². The van der Waals surface area contributed by atoms with Gasteiger partial charge in [0.2, 0.25) is 0 Å². The fourth-order valence-electron chi connectivity index (χ4n) is 2.64. The summed E-state index contributed by atoms with van der Waals surface area (Å²) in [4.78, 5) is 17.2. The zero-order valence-corrected chi connectivity index (χ0v) is 11.7. The molecule has 0 atom stereocenters. The molecular formula is C14H16N4O2. The van der Waals surface area contributed by atoms with Crippen molar-refractivity contribution < 1.29 is 9.90 Å². The van der Waals surface area contributed by atoms with Gasteiger partial charge in [-0.2, -0.15) is 5.10 Å². The first-order chi connectivity index (χ1) is 9.38. The van der Waals surface area contributed by atoms with Crippen LogP contribution < -0.4 is 4.90 Å². The number of aromatic nitrogens is 3. The lowest BCUT2D eigenvalue weighted by Crippen LogP contribution is -2.32. The maximum absolute atomic E-state index is 11.4. The maximum Gasteiger partial charge on any atom is 0.411 e. The predicted octanol–water partition coefficient (Wildman–Crippen LogP) is 2.26. The van der Waals surface area contributed by atoms with Crippen molar-refractivity contribution in [1.29, 1.82) is 0 Å². The van der Waals surface area contributed by atoms with Crippen LogP contribution in [0, 0.1) is 0 Å². The first-order valence-electron chi connectivity index (χ1n) is 6.38. The second-order valence-corrected chi connectivity index (χ2v) is 5.74. The molecule has 0 unspecified atom stereocenters. The molecule has 0 saturated carbocycles. The Balaban J connectivity index is 2.12. The van der Waals surface area contributed by atoms with Crippen LogP contribution in [0.2, 0.25) is 0 Å². The molecule has 0 radical (unpaired) electrons. The van der Waals surface area contributed by atoms with Crippen molar-refractivity contribution in [2.75, 3.05) is 11.4 Å². The largest absolute Gasteiger partial charge is 0.465 e. The van der Waals surface area contributed by atoms with Crippen molar-refractivity contribution in [2.45, 2.75) is 19.3 Å². The number of carbonyl (C=O) groups is 1. The molecule has 0 bridgehead atoms. The van der Waals surface area contributed by atoms with E-state index in [1.165, 1.54) is 4.90 Å². The Morgan fingerprint density at radius 3 is 2.75 bits per heavy atom. The number of nitrogens with zero attached hydrogens (tertiary/aromatic N) is 4. The van der Waals surface area contributed by atoms with E-state index in [1.807, 2.05) is 33.2 Å². The van der Waals surface area contributed by atoms with Crippen LogP contribution in [0.25, 0.3) is 11.3 Å². The summed E-state index contributed by atoms with van der Waals surface area (Å²) < 4.78 is 1.70. The summed E-state index contributed by atoms with van der Waals surface area (Å²) in [5.74, 6) is 0. The molecule has 1 N–H and O–H groups in total. The van der Waals surface area contributed by atoms with E-state index in [4.69, 9.17) is 0 Å². The number of carboxylic acid groups (broad SMARTS) is 1. The van der Waals surface area contributed by atoms with Gasteiger partial charge in [0.25, 0.3) is 0 Å². The van der Waals surface area contributed by atoms with Crippen molar-refractivity contribution in [3.63, 3.8) is 0 Å². The van der Waals surface area contributed by atoms with Crippen LogP contribution in [-0.2, 0) is 12.5 Å². The second kappa shape index (κ2) is 4.06. The fraction of sp³-hybridized carbons (Fsp3) is 0.357. The van der Waals surface area contributed by atoms with Gasteiger partial charge in [-0.1, -0.05) is 13.8 Å². The molecule has 3 rings (SSSR count). The summed E-state index contributed by atoms with van der Waals surface area (Å²) in [6.07, 6.45) is 4.43. The average Bonchev–Trinajstić information content (AvgIpc) is 2.92. The number of aryl methyl sites for hydroxylation is 1. The van der Waals surface area contributed by atoms with Crippen LogP contribution in [0.15, 0.2) is 24.7 Å². The summed E-state index contributed by atoms with van der Waals surface area (Å²) in [5, 5.41) is 13.5. The van der Waals surface area contributed by atoms with E-state index in [0.717, 1.165) is 22.5 Å². The second-order valence-electron chi connectivity index (χ2n) is 5.74. The van der Waals surface area contributed by atoms with Crippen LogP contribution in [-0.4, -0.2) is 32.5 Å². The third-order valence-corrected chi connectivity index (χ3v) is 3.69. The molecule has 0 spiro atoms. The zero-order chi connectivity index (χ0) is 14.5. The molecule has 0 fully saturated rings. The van der Waals surface area contributed by atoms with Crippen molar-refractivity contribution >= 4 is 11.8 Å².